The van der Waals surface area contributed by atoms with E-state index in [1.54, 1.807) is 11.1 Å². The number of piperidine rings is 1. The number of hydrogen-bond acceptors (Lipinski definition) is 8. The average Bonchev–Trinajstić information content (AvgIpc) is 3.77. The Morgan fingerprint density at radius 2 is 1.43 bits per heavy atom. The molecule has 0 spiro atoms. The summed E-state index contributed by atoms with van der Waals surface area (Å²) in [6.45, 7) is 2.83. The van der Waals surface area contributed by atoms with E-state index in [1.807, 2.05) is 11.1 Å². The van der Waals surface area contributed by atoms with Crippen molar-refractivity contribution in [3.8, 4) is 33.6 Å². The van der Waals surface area contributed by atoms with Crippen molar-refractivity contribution in [2.24, 2.45) is 11.3 Å². The highest BCUT2D eigenvalue weighted by Crippen LogP contribution is 2.50. The summed E-state index contributed by atoms with van der Waals surface area (Å²) in [6.07, 6.45) is 7.45. The number of H-pyrrole nitrogens is 2. The minimum Gasteiger partial charge on any atom is -0.453 e. The van der Waals surface area contributed by atoms with Crippen molar-refractivity contribution in [2.75, 3.05) is 33.9 Å². The van der Waals surface area contributed by atoms with Crippen molar-refractivity contribution in [3.63, 3.8) is 0 Å². The highest BCUT2D eigenvalue weighted by molar-refractivity contribution is 5.91. The van der Waals surface area contributed by atoms with E-state index in [0.29, 0.717) is 24.8 Å². The molecular formula is C42H46N8O6. The molecule has 5 aromatic rings. The molecule has 8 rings (SSSR count). The lowest BCUT2D eigenvalue weighted by Gasteiger charge is -2.34. The van der Waals surface area contributed by atoms with Crippen LogP contribution in [0.1, 0.15) is 56.7 Å². The fourth-order valence-corrected chi connectivity index (χ4v) is 8.25. The van der Waals surface area contributed by atoms with E-state index in [0.717, 1.165) is 82.3 Å². The number of amides is 4. The predicted octanol–water partition coefficient (Wildman–Crippen LogP) is 6.18. The molecule has 3 aliphatic rings. The fraction of sp³-hybridized carbons (Fsp3) is 0.381. The van der Waals surface area contributed by atoms with E-state index < -0.39 is 12.2 Å². The van der Waals surface area contributed by atoms with Crippen LogP contribution in [0.4, 0.5) is 9.59 Å². The number of nitrogens with zero attached hydrogens (tertiary/aromatic N) is 4. The number of carbonyl (C=O) groups is 4. The monoisotopic (exact) mass is 758 g/mol. The largest absolute Gasteiger partial charge is 0.453 e. The third-order valence-electron chi connectivity index (χ3n) is 11.6. The lowest BCUT2D eigenvalue weighted by Crippen LogP contribution is -2.45. The Morgan fingerprint density at radius 1 is 0.804 bits per heavy atom. The lowest BCUT2D eigenvalue weighted by molar-refractivity contribution is -0.135. The van der Waals surface area contributed by atoms with E-state index in [9.17, 15) is 19.2 Å². The third-order valence-corrected chi connectivity index (χ3v) is 11.6. The zero-order valence-corrected chi connectivity index (χ0v) is 31.8. The van der Waals surface area contributed by atoms with Crippen LogP contribution in [0.15, 0.2) is 73.1 Å². The first-order chi connectivity index (χ1) is 27.1. The lowest BCUT2D eigenvalue weighted by atomic mass is 9.97. The number of rotatable bonds is 12. The summed E-state index contributed by atoms with van der Waals surface area (Å²) < 4.78 is 9.26. The summed E-state index contributed by atoms with van der Waals surface area (Å²) in [6, 6.07) is 21.1. The van der Waals surface area contributed by atoms with E-state index >= 15 is 0 Å². The number of benzene rings is 3. The van der Waals surface area contributed by atoms with Gasteiger partial charge in [-0.25, -0.2) is 19.6 Å². The van der Waals surface area contributed by atoms with Crippen LogP contribution < -0.4 is 10.6 Å². The molecule has 14 heteroatoms. The second kappa shape index (κ2) is 15.2. The SMILES string of the molecule is COC(=O)NCC(=O)N(Cc1ncc(-c2ccc3cc(-c4ccc(-c5cnc([C@@H]6C7CCC(C7)N6C(=O)CNC(=O)OC)[nH]5)cc4)ccc3c2)[nH]1)CC1(C)CC1. The van der Waals surface area contributed by atoms with Crippen molar-refractivity contribution in [1.82, 2.24) is 40.4 Å². The van der Waals surface area contributed by atoms with Gasteiger partial charge >= 0.3 is 12.2 Å². The third kappa shape index (κ3) is 7.68. The molecule has 3 heterocycles. The molecule has 14 nitrogen and oxygen atoms in total. The van der Waals surface area contributed by atoms with Gasteiger partial charge in [-0.2, -0.15) is 0 Å². The fourth-order valence-electron chi connectivity index (χ4n) is 8.25. The number of imidazole rings is 2. The number of carbonyl (C=O) groups excluding carboxylic acids is 4. The van der Waals surface area contributed by atoms with Gasteiger partial charge in [0.1, 0.15) is 24.7 Å². The van der Waals surface area contributed by atoms with Crippen LogP contribution in [0.3, 0.4) is 0 Å². The highest BCUT2D eigenvalue weighted by Gasteiger charge is 2.49. The normalized spacial score (nSPS) is 19.1. The summed E-state index contributed by atoms with van der Waals surface area (Å²) in [7, 11) is 2.55. The zero-order valence-electron chi connectivity index (χ0n) is 31.8. The summed E-state index contributed by atoms with van der Waals surface area (Å²) in [4.78, 5) is 69.2. The summed E-state index contributed by atoms with van der Waals surface area (Å²) in [5, 5.41) is 7.21. The van der Waals surface area contributed by atoms with E-state index in [-0.39, 0.29) is 42.4 Å². The molecule has 3 atom stereocenters. The molecule has 2 saturated carbocycles. The maximum absolute atomic E-state index is 13.2. The number of ether oxygens (including phenoxy) is 2. The van der Waals surface area contributed by atoms with Crippen LogP contribution in [-0.2, 0) is 25.6 Å². The van der Waals surface area contributed by atoms with E-state index in [4.69, 9.17) is 4.98 Å². The summed E-state index contributed by atoms with van der Waals surface area (Å²) in [5.74, 6) is 1.47. The van der Waals surface area contributed by atoms with Gasteiger partial charge in [0.05, 0.1) is 50.6 Å². The average molecular weight is 759 g/mol. The molecule has 0 radical (unpaired) electrons. The van der Waals surface area contributed by atoms with Crippen LogP contribution in [0, 0.1) is 11.3 Å². The van der Waals surface area contributed by atoms with Crippen molar-refractivity contribution in [1.29, 1.82) is 0 Å². The molecule has 4 N–H and O–H groups in total. The first-order valence-electron chi connectivity index (χ1n) is 19.1. The van der Waals surface area contributed by atoms with Crippen LogP contribution in [0.25, 0.3) is 44.4 Å². The molecule has 2 bridgehead atoms. The molecule has 2 aromatic heterocycles. The molecule has 56 heavy (non-hydrogen) atoms. The zero-order chi connectivity index (χ0) is 39.0. The van der Waals surface area contributed by atoms with Crippen molar-refractivity contribution in [3.05, 3.63) is 84.7 Å². The van der Waals surface area contributed by atoms with Crippen molar-refractivity contribution >= 4 is 34.8 Å². The minimum absolute atomic E-state index is 0.0920. The molecule has 2 unspecified atom stereocenters. The number of hydrogen-bond donors (Lipinski definition) is 4. The van der Waals surface area contributed by atoms with Gasteiger partial charge in [0.15, 0.2) is 0 Å². The Labute approximate surface area is 324 Å². The first kappa shape index (κ1) is 36.8. The molecule has 4 amide bonds. The quantitative estimate of drug-likeness (QED) is 0.117. The summed E-state index contributed by atoms with van der Waals surface area (Å²) >= 11 is 0. The van der Waals surface area contributed by atoms with E-state index in [2.05, 4.69) is 103 Å². The number of likely N-dealkylation sites (tertiary alicyclic amines) is 1. The van der Waals surface area contributed by atoms with Crippen LogP contribution >= 0.6 is 0 Å². The number of aromatic nitrogens is 4. The van der Waals surface area contributed by atoms with Crippen LogP contribution in [0.2, 0.25) is 0 Å². The number of fused-ring (bicyclic) bond motifs is 3. The summed E-state index contributed by atoms with van der Waals surface area (Å²) in [5.41, 5.74) is 6.00. The Hall–Kier alpha value is -6.18. The molecule has 1 saturated heterocycles. The topological polar surface area (TPSA) is 175 Å². The van der Waals surface area contributed by atoms with Crippen LogP contribution in [0.5, 0.6) is 0 Å². The van der Waals surface area contributed by atoms with Crippen molar-refractivity contribution < 1.29 is 28.7 Å². The number of methoxy groups -OCH3 is 2. The maximum Gasteiger partial charge on any atom is 0.407 e. The smallest absolute Gasteiger partial charge is 0.407 e. The molecule has 1 aliphatic heterocycles. The van der Waals surface area contributed by atoms with Gasteiger partial charge < -0.3 is 39.9 Å². The van der Waals surface area contributed by atoms with Gasteiger partial charge in [-0.1, -0.05) is 55.5 Å². The Balaban J connectivity index is 0.932. The number of alkyl carbamates (subject to hydrolysis) is 2. The first-order valence-corrected chi connectivity index (χ1v) is 19.1. The highest BCUT2D eigenvalue weighted by atomic mass is 16.5. The van der Waals surface area contributed by atoms with Gasteiger partial charge in [-0.15, -0.1) is 0 Å². The minimum atomic E-state index is -0.637. The van der Waals surface area contributed by atoms with Crippen molar-refractivity contribution in [2.45, 2.75) is 57.7 Å². The van der Waals surface area contributed by atoms with Gasteiger partial charge in [-0.3, -0.25) is 9.59 Å². The van der Waals surface area contributed by atoms with E-state index in [1.165, 1.54) is 14.2 Å². The predicted molar refractivity (Wildman–Crippen MR) is 209 cm³/mol. The second-order valence-corrected chi connectivity index (χ2v) is 15.5. The van der Waals surface area contributed by atoms with Gasteiger partial charge in [0.2, 0.25) is 11.8 Å². The van der Waals surface area contributed by atoms with Crippen LogP contribution in [-0.4, -0.2) is 93.6 Å². The molecular weight excluding hydrogens is 713 g/mol. The Morgan fingerprint density at radius 3 is 2.14 bits per heavy atom. The Bertz CT molecular complexity index is 2280. The standard InChI is InChI=1S/C42H46N8O6/c1-42(14-15-42)24-49(36(51)21-45-40(53)55-2)23-35-43-19-34(47-35)30-11-10-28-16-27(8-9-29(28)17-30)25-4-6-26(7-5-25)33-20-44-39(48-33)38-31-12-13-32(18-31)50(38)37(52)22-46-41(54)56-3/h4-11,16-17,19-20,31-32,38H,12-15,18,21-24H2,1-3H3,(H,43,47)(H,44,48)(H,45,53)(H,46,54)/t31?,32?,38-/m0/s1. The Kier molecular flexibility index (Phi) is 9.96. The number of nitrogens with one attached hydrogen (secondary N) is 4. The molecule has 290 valence electrons. The molecule has 2 aliphatic carbocycles. The second-order valence-electron chi connectivity index (χ2n) is 15.5. The molecule has 3 fully saturated rings. The van der Waals surface area contributed by atoms with Gasteiger partial charge in [0, 0.05) is 18.2 Å². The van der Waals surface area contributed by atoms with Gasteiger partial charge in [0.25, 0.3) is 0 Å². The van der Waals surface area contributed by atoms with Gasteiger partial charge in [-0.05, 0) is 83.0 Å². The molecule has 3 aromatic carbocycles. The number of aromatic amines is 2. The maximum atomic E-state index is 13.2.